The van der Waals surface area contributed by atoms with E-state index in [9.17, 15) is 18.8 Å². The third kappa shape index (κ3) is 4.39. The number of nitrogens with one attached hydrogen (secondary N) is 1. The molecule has 1 aliphatic rings. The lowest BCUT2D eigenvalue weighted by molar-refractivity contribution is -0.126. The van der Waals surface area contributed by atoms with E-state index in [1.54, 1.807) is 24.0 Å². The summed E-state index contributed by atoms with van der Waals surface area (Å²) in [6.45, 7) is 2.68. The Morgan fingerprint density at radius 2 is 1.86 bits per heavy atom. The van der Waals surface area contributed by atoms with Crippen molar-refractivity contribution in [3.05, 3.63) is 58.8 Å². The number of hydrogen-bond donors (Lipinski definition) is 2. The van der Waals surface area contributed by atoms with Gasteiger partial charge in [-0.1, -0.05) is 12.1 Å². The van der Waals surface area contributed by atoms with Crippen molar-refractivity contribution >= 4 is 17.8 Å². The molecule has 1 saturated heterocycles. The summed E-state index contributed by atoms with van der Waals surface area (Å²) in [5.74, 6) is -2.59. The fraction of sp³-hybridized carbons (Fsp3) is 0.350. The predicted octanol–water partition coefficient (Wildman–Crippen LogP) is 2.59. The van der Waals surface area contributed by atoms with Gasteiger partial charge in [-0.05, 0) is 49.1 Å². The molecule has 0 bridgehead atoms. The topological polar surface area (TPSA) is 99.9 Å². The Balaban J connectivity index is 1.49. The van der Waals surface area contributed by atoms with Gasteiger partial charge in [-0.3, -0.25) is 9.59 Å². The normalized spacial score (nSPS) is 14.7. The van der Waals surface area contributed by atoms with Crippen LogP contribution in [0.1, 0.15) is 45.1 Å². The number of benzene rings is 1. The van der Waals surface area contributed by atoms with Gasteiger partial charge in [0.25, 0.3) is 5.91 Å². The molecule has 28 heavy (non-hydrogen) atoms. The van der Waals surface area contributed by atoms with Gasteiger partial charge in [0.15, 0.2) is 5.76 Å². The number of aromatic carboxylic acids is 1. The third-order valence-electron chi connectivity index (χ3n) is 4.88. The van der Waals surface area contributed by atoms with Crippen LogP contribution in [0.25, 0.3) is 0 Å². The van der Waals surface area contributed by atoms with E-state index >= 15 is 0 Å². The highest BCUT2D eigenvalue weighted by molar-refractivity contribution is 5.93. The Morgan fingerprint density at radius 1 is 1.18 bits per heavy atom. The fourth-order valence-corrected chi connectivity index (χ4v) is 3.15. The first-order chi connectivity index (χ1) is 13.3. The summed E-state index contributed by atoms with van der Waals surface area (Å²) in [5, 5.41) is 11.7. The van der Waals surface area contributed by atoms with E-state index in [1.165, 1.54) is 18.2 Å². The van der Waals surface area contributed by atoms with E-state index in [2.05, 4.69) is 5.32 Å². The number of carboxylic acid groups (broad SMARTS) is 1. The number of carbonyl (C=O) groups excluding carboxylic acids is 2. The Labute approximate surface area is 161 Å². The number of furan rings is 1. The number of carbonyl (C=O) groups is 3. The Kier molecular flexibility index (Phi) is 5.77. The number of hydrogen-bond acceptors (Lipinski definition) is 4. The second kappa shape index (κ2) is 8.24. The number of rotatable bonds is 5. The first-order valence-corrected chi connectivity index (χ1v) is 9.00. The van der Waals surface area contributed by atoms with E-state index in [-0.39, 0.29) is 41.6 Å². The van der Waals surface area contributed by atoms with Gasteiger partial charge in [0.2, 0.25) is 11.7 Å². The summed E-state index contributed by atoms with van der Waals surface area (Å²) in [6, 6.07) is 7.43. The maximum atomic E-state index is 13.6. The fourth-order valence-electron chi connectivity index (χ4n) is 3.15. The molecule has 1 aromatic heterocycles. The molecule has 2 amide bonds. The van der Waals surface area contributed by atoms with Crippen LogP contribution in [0, 0.1) is 18.7 Å². The SMILES string of the molecule is Cc1ccc(CNC(=O)C2CCN(C(=O)c3ccc(C(=O)O)o3)CC2)cc1F. The van der Waals surface area contributed by atoms with Crippen molar-refractivity contribution in [1.82, 2.24) is 10.2 Å². The smallest absolute Gasteiger partial charge is 0.371 e. The second-order valence-corrected chi connectivity index (χ2v) is 6.84. The summed E-state index contributed by atoms with van der Waals surface area (Å²) in [4.78, 5) is 37.1. The van der Waals surface area contributed by atoms with Crippen molar-refractivity contribution < 1.29 is 28.3 Å². The number of amides is 2. The van der Waals surface area contributed by atoms with Crippen molar-refractivity contribution in [1.29, 1.82) is 0 Å². The third-order valence-corrected chi connectivity index (χ3v) is 4.88. The molecule has 0 aliphatic carbocycles. The molecule has 3 rings (SSSR count). The number of piperidine rings is 1. The standard InChI is InChI=1S/C20H21FN2O5/c1-12-2-3-13(10-15(12)21)11-22-18(24)14-6-8-23(9-7-14)19(25)16-4-5-17(28-16)20(26)27/h2-5,10,14H,6-9,11H2,1H3,(H,22,24)(H,26,27). The number of halogens is 1. The van der Waals surface area contributed by atoms with E-state index < -0.39 is 5.97 Å². The predicted molar refractivity (Wildman–Crippen MR) is 97.3 cm³/mol. The van der Waals surface area contributed by atoms with Crippen molar-refractivity contribution in [3.63, 3.8) is 0 Å². The van der Waals surface area contributed by atoms with Gasteiger partial charge in [-0.2, -0.15) is 0 Å². The summed E-state index contributed by atoms with van der Waals surface area (Å²) in [7, 11) is 0. The molecule has 148 valence electrons. The van der Waals surface area contributed by atoms with E-state index in [4.69, 9.17) is 9.52 Å². The molecule has 0 atom stereocenters. The zero-order chi connectivity index (χ0) is 20.3. The summed E-state index contributed by atoms with van der Waals surface area (Å²) >= 11 is 0. The Hall–Kier alpha value is -3.16. The largest absolute Gasteiger partial charge is 0.475 e. The van der Waals surface area contributed by atoms with Crippen LogP contribution in [0.2, 0.25) is 0 Å². The quantitative estimate of drug-likeness (QED) is 0.820. The van der Waals surface area contributed by atoms with Crippen LogP contribution >= 0.6 is 0 Å². The van der Waals surface area contributed by atoms with Gasteiger partial charge in [-0.15, -0.1) is 0 Å². The number of likely N-dealkylation sites (tertiary alicyclic amines) is 1. The van der Waals surface area contributed by atoms with Crippen LogP contribution in [-0.4, -0.2) is 40.9 Å². The first kappa shape index (κ1) is 19.6. The molecule has 0 saturated carbocycles. The maximum absolute atomic E-state index is 13.6. The van der Waals surface area contributed by atoms with Crippen LogP contribution in [0.4, 0.5) is 4.39 Å². The number of carboxylic acids is 1. The highest BCUT2D eigenvalue weighted by atomic mass is 19.1. The minimum absolute atomic E-state index is 0.0262. The molecule has 0 radical (unpaired) electrons. The summed E-state index contributed by atoms with van der Waals surface area (Å²) in [5.41, 5.74) is 1.25. The Bertz CT molecular complexity index is 900. The highest BCUT2D eigenvalue weighted by Crippen LogP contribution is 2.20. The second-order valence-electron chi connectivity index (χ2n) is 6.84. The lowest BCUT2D eigenvalue weighted by Crippen LogP contribution is -2.42. The van der Waals surface area contributed by atoms with Gasteiger partial charge in [-0.25, -0.2) is 9.18 Å². The molecule has 2 heterocycles. The molecule has 7 nitrogen and oxygen atoms in total. The van der Waals surface area contributed by atoms with Gasteiger partial charge in [0.05, 0.1) is 0 Å². The van der Waals surface area contributed by atoms with Crippen LogP contribution in [0.15, 0.2) is 34.7 Å². The Morgan fingerprint density at radius 3 is 2.46 bits per heavy atom. The summed E-state index contributed by atoms with van der Waals surface area (Å²) < 4.78 is 18.6. The van der Waals surface area contributed by atoms with Crippen molar-refractivity contribution in [2.24, 2.45) is 5.92 Å². The lowest BCUT2D eigenvalue weighted by atomic mass is 9.95. The van der Waals surface area contributed by atoms with E-state index in [0.29, 0.717) is 37.1 Å². The molecule has 1 aliphatic heterocycles. The molecule has 1 aromatic carbocycles. The van der Waals surface area contributed by atoms with E-state index in [0.717, 1.165) is 0 Å². The van der Waals surface area contributed by atoms with Crippen molar-refractivity contribution in [3.8, 4) is 0 Å². The van der Waals surface area contributed by atoms with Crippen LogP contribution in [0.5, 0.6) is 0 Å². The molecule has 8 heteroatoms. The highest BCUT2D eigenvalue weighted by Gasteiger charge is 2.29. The molecule has 0 unspecified atom stereocenters. The molecular weight excluding hydrogens is 367 g/mol. The first-order valence-electron chi connectivity index (χ1n) is 9.00. The van der Waals surface area contributed by atoms with Gasteiger partial charge >= 0.3 is 5.97 Å². The molecular formula is C20H21FN2O5. The molecule has 0 spiro atoms. The lowest BCUT2D eigenvalue weighted by Gasteiger charge is -2.30. The molecule has 2 aromatic rings. The molecule has 1 fully saturated rings. The van der Waals surface area contributed by atoms with Crippen LogP contribution in [-0.2, 0) is 11.3 Å². The number of nitrogens with zero attached hydrogens (tertiary/aromatic N) is 1. The monoisotopic (exact) mass is 388 g/mol. The minimum Gasteiger partial charge on any atom is -0.475 e. The average Bonchev–Trinajstić information content (AvgIpc) is 3.19. The average molecular weight is 388 g/mol. The number of aryl methyl sites for hydroxylation is 1. The van der Waals surface area contributed by atoms with Crippen LogP contribution in [0.3, 0.4) is 0 Å². The maximum Gasteiger partial charge on any atom is 0.371 e. The summed E-state index contributed by atoms with van der Waals surface area (Å²) in [6.07, 6.45) is 0.985. The van der Waals surface area contributed by atoms with Crippen molar-refractivity contribution in [2.75, 3.05) is 13.1 Å². The molecule has 2 N–H and O–H groups in total. The van der Waals surface area contributed by atoms with Gasteiger partial charge < -0.3 is 19.7 Å². The zero-order valence-corrected chi connectivity index (χ0v) is 15.4. The van der Waals surface area contributed by atoms with Crippen molar-refractivity contribution in [2.45, 2.75) is 26.3 Å². The zero-order valence-electron chi connectivity index (χ0n) is 15.4. The van der Waals surface area contributed by atoms with Gasteiger partial charge in [0.1, 0.15) is 5.82 Å². The minimum atomic E-state index is -1.23. The van der Waals surface area contributed by atoms with Gasteiger partial charge in [0, 0.05) is 25.6 Å². The van der Waals surface area contributed by atoms with E-state index in [1.807, 2.05) is 0 Å². The van der Waals surface area contributed by atoms with Crippen LogP contribution < -0.4 is 5.32 Å².